The lowest BCUT2D eigenvalue weighted by atomic mass is 9.98. The predicted octanol–water partition coefficient (Wildman–Crippen LogP) is 16.0. The molecule has 0 aliphatic heterocycles. The van der Waals surface area contributed by atoms with E-state index in [1.54, 1.807) is 0 Å². The molecule has 0 spiro atoms. The Morgan fingerprint density at radius 1 is 0.406 bits per heavy atom. The molecule has 0 fully saturated rings. The van der Waals surface area contributed by atoms with Crippen molar-refractivity contribution in [2.75, 3.05) is 0 Å². The van der Waals surface area contributed by atoms with E-state index in [-0.39, 0.29) is 0 Å². The van der Waals surface area contributed by atoms with Crippen LogP contribution in [0.1, 0.15) is 20.3 Å². The number of aromatic nitrogens is 4. The first-order chi connectivity index (χ1) is 31.6. The Hall–Kier alpha value is -8.35. The maximum atomic E-state index is 6.84. The van der Waals surface area contributed by atoms with E-state index in [1.165, 1.54) is 17.2 Å². The van der Waals surface area contributed by atoms with Crippen molar-refractivity contribution in [2.45, 2.75) is 20.3 Å². The molecule has 13 aromatic rings. The molecule has 0 saturated carbocycles. The normalized spacial score (nSPS) is 11.7. The molecule has 0 radical (unpaired) electrons. The van der Waals surface area contributed by atoms with Crippen LogP contribution in [0, 0.1) is 0 Å². The molecular weight excluding hydrogens is 785 g/mol. The summed E-state index contributed by atoms with van der Waals surface area (Å²) < 4.78 is 15.4. The largest absolute Gasteiger partial charge is 0.456 e. The number of furan rings is 2. The van der Waals surface area contributed by atoms with Crippen molar-refractivity contribution in [1.29, 1.82) is 0 Å². The average molecular weight is 825 g/mol. The number of hydrogen-bond acceptors (Lipinski definition) is 5. The highest BCUT2D eigenvalue weighted by Crippen LogP contribution is 2.44. The summed E-state index contributed by atoms with van der Waals surface area (Å²) >= 11 is 0. The molecule has 0 amide bonds. The van der Waals surface area contributed by atoms with Crippen molar-refractivity contribution in [3.8, 4) is 51.0 Å². The van der Waals surface area contributed by atoms with Crippen molar-refractivity contribution >= 4 is 76.5 Å². The number of benzene rings is 9. The molecule has 6 nitrogen and oxygen atoms in total. The fraction of sp³-hybridized carbons (Fsp3) is 0.0517. The van der Waals surface area contributed by atoms with Gasteiger partial charge in [-0.15, -0.1) is 0 Å². The second kappa shape index (κ2) is 15.2. The zero-order valence-corrected chi connectivity index (χ0v) is 35.3. The van der Waals surface area contributed by atoms with Gasteiger partial charge < -0.3 is 8.83 Å². The van der Waals surface area contributed by atoms with Crippen molar-refractivity contribution in [3.05, 3.63) is 194 Å². The number of para-hydroxylation sites is 3. The summed E-state index contributed by atoms with van der Waals surface area (Å²) in [5.74, 6) is 1.63. The summed E-state index contributed by atoms with van der Waals surface area (Å²) in [6.07, 6.45) is 1.25. The van der Waals surface area contributed by atoms with Crippen molar-refractivity contribution < 1.29 is 8.83 Å². The highest BCUT2D eigenvalue weighted by molar-refractivity contribution is 6.22. The molecule has 0 unspecified atom stereocenters. The van der Waals surface area contributed by atoms with E-state index in [9.17, 15) is 0 Å². The number of rotatable bonds is 5. The second-order valence-electron chi connectivity index (χ2n) is 16.2. The zero-order chi connectivity index (χ0) is 42.7. The minimum Gasteiger partial charge on any atom is -0.456 e. The highest BCUT2D eigenvalue weighted by Gasteiger charge is 2.24. The van der Waals surface area contributed by atoms with E-state index < -0.39 is 0 Å². The molecule has 9 aromatic carbocycles. The van der Waals surface area contributed by atoms with Crippen LogP contribution in [0.3, 0.4) is 0 Å². The number of nitrogens with zero attached hydrogens (tertiary/aromatic N) is 4. The summed E-state index contributed by atoms with van der Waals surface area (Å²) in [6.45, 7) is 4.25. The predicted molar refractivity (Wildman–Crippen MR) is 264 cm³/mol. The van der Waals surface area contributed by atoms with E-state index in [0.29, 0.717) is 17.6 Å². The van der Waals surface area contributed by atoms with Gasteiger partial charge in [-0.3, -0.25) is 4.57 Å². The van der Waals surface area contributed by atoms with Crippen molar-refractivity contribution in [3.63, 3.8) is 0 Å². The third kappa shape index (κ3) is 6.06. The summed E-state index contributed by atoms with van der Waals surface area (Å²) in [5, 5.41) is 8.83. The Morgan fingerprint density at radius 3 is 1.86 bits per heavy atom. The van der Waals surface area contributed by atoms with Gasteiger partial charge in [-0.25, -0.2) is 4.98 Å². The Morgan fingerprint density at radius 2 is 1.05 bits per heavy atom. The maximum Gasteiger partial charge on any atom is 0.238 e. The molecular formula is C58H40N4O2. The van der Waals surface area contributed by atoms with Crippen molar-refractivity contribution in [1.82, 2.24) is 19.5 Å². The molecule has 0 N–H and O–H groups in total. The maximum absolute atomic E-state index is 6.84. The van der Waals surface area contributed by atoms with Crippen LogP contribution < -0.4 is 0 Å². The lowest BCUT2D eigenvalue weighted by molar-refractivity contribution is 0.669. The van der Waals surface area contributed by atoms with Crippen LogP contribution in [0.4, 0.5) is 0 Å². The molecule has 4 heterocycles. The van der Waals surface area contributed by atoms with E-state index in [4.69, 9.17) is 23.8 Å². The van der Waals surface area contributed by atoms with Crippen LogP contribution in [0.15, 0.2) is 203 Å². The minimum absolute atomic E-state index is 0.510. The Labute approximate surface area is 368 Å². The summed E-state index contributed by atoms with van der Waals surface area (Å²) in [6, 6.07) is 67.4. The quantitative estimate of drug-likeness (QED) is 0.173. The zero-order valence-electron chi connectivity index (χ0n) is 35.3. The van der Waals surface area contributed by atoms with Gasteiger partial charge >= 0.3 is 0 Å². The SMILES string of the molecule is CCC.c1ccc(-c2ccc3c(c2)c2cccc(-c4cccc5c4oc4ccc6ccccc6c45)c2n3-c2nc(-c3ccccc3)nc(-c3ccc4c(c3)oc3ccccc34)n2)cc1. The summed E-state index contributed by atoms with van der Waals surface area (Å²) in [5.41, 5.74) is 11.3. The van der Waals surface area contributed by atoms with Gasteiger partial charge in [-0.05, 0) is 58.3 Å². The van der Waals surface area contributed by atoms with Gasteiger partial charge in [0, 0.05) is 54.6 Å². The molecule has 6 heteroatoms. The van der Waals surface area contributed by atoms with E-state index in [1.807, 2.05) is 54.6 Å². The van der Waals surface area contributed by atoms with E-state index >= 15 is 0 Å². The van der Waals surface area contributed by atoms with Gasteiger partial charge in [0.2, 0.25) is 5.95 Å². The molecule has 0 aliphatic rings. The first kappa shape index (κ1) is 37.4. The fourth-order valence-corrected chi connectivity index (χ4v) is 9.26. The third-order valence-electron chi connectivity index (χ3n) is 12.1. The summed E-state index contributed by atoms with van der Waals surface area (Å²) in [4.78, 5) is 15.8. The Bertz CT molecular complexity index is 3900. The summed E-state index contributed by atoms with van der Waals surface area (Å²) in [7, 11) is 0. The first-order valence-corrected chi connectivity index (χ1v) is 21.8. The monoisotopic (exact) mass is 824 g/mol. The van der Waals surface area contributed by atoms with Crippen LogP contribution in [0.2, 0.25) is 0 Å². The van der Waals surface area contributed by atoms with Gasteiger partial charge in [0.25, 0.3) is 0 Å². The first-order valence-electron chi connectivity index (χ1n) is 21.8. The Balaban J connectivity index is 0.00000141. The smallest absolute Gasteiger partial charge is 0.238 e. The number of hydrogen-bond donors (Lipinski definition) is 0. The van der Waals surface area contributed by atoms with Gasteiger partial charge in [-0.1, -0.05) is 178 Å². The van der Waals surface area contributed by atoms with E-state index in [0.717, 1.165) is 99.1 Å². The van der Waals surface area contributed by atoms with Crippen LogP contribution in [0.25, 0.3) is 127 Å². The molecule has 0 saturated heterocycles. The third-order valence-corrected chi connectivity index (χ3v) is 12.1. The van der Waals surface area contributed by atoms with E-state index in [2.05, 4.69) is 158 Å². The molecule has 304 valence electrons. The van der Waals surface area contributed by atoms with Crippen LogP contribution >= 0.6 is 0 Å². The van der Waals surface area contributed by atoms with Gasteiger partial charge in [0.05, 0.1) is 11.0 Å². The van der Waals surface area contributed by atoms with Gasteiger partial charge in [0.1, 0.15) is 22.3 Å². The standard InChI is InChI=1S/C55H32N4O2.C3H8/c1-3-13-33(14-4-1)36-26-29-46-45(31-36)42-21-11-20-41(43-22-12-23-44-50-38-18-8-7-15-34(38)27-30-48(50)61-52(43)44)51(42)59(46)55-57-53(35-16-5-2-6-17-35)56-54(58-55)37-25-28-40-39-19-9-10-24-47(39)60-49(40)32-37;1-3-2/h1-32H;3H2,1-2H3. The molecule has 0 bridgehead atoms. The molecule has 64 heavy (non-hydrogen) atoms. The number of fused-ring (bicyclic) bond motifs is 11. The van der Waals surface area contributed by atoms with Crippen LogP contribution in [-0.4, -0.2) is 19.5 Å². The van der Waals surface area contributed by atoms with Crippen LogP contribution in [0.5, 0.6) is 0 Å². The molecule has 13 rings (SSSR count). The topological polar surface area (TPSA) is 69.9 Å². The van der Waals surface area contributed by atoms with Gasteiger partial charge in [0.15, 0.2) is 11.6 Å². The fourth-order valence-electron chi connectivity index (χ4n) is 9.26. The second-order valence-corrected chi connectivity index (χ2v) is 16.2. The van der Waals surface area contributed by atoms with Crippen molar-refractivity contribution in [2.24, 2.45) is 0 Å². The van der Waals surface area contributed by atoms with Crippen LogP contribution in [-0.2, 0) is 0 Å². The molecule has 4 aromatic heterocycles. The minimum atomic E-state index is 0.510. The average Bonchev–Trinajstić information content (AvgIpc) is 4.04. The molecule has 0 atom stereocenters. The lowest BCUT2D eigenvalue weighted by Crippen LogP contribution is -2.07. The highest BCUT2D eigenvalue weighted by atomic mass is 16.3. The lowest BCUT2D eigenvalue weighted by Gasteiger charge is -2.13. The Kier molecular flexibility index (Phi) is 8.90. The van der Waals surface area contributed by atoms with Gasteiger partial charge in [-0.2, -0.15) is 9.97 Å². The molecule has 0 aliphatic carbocycles.